The first-order chi connectivity index (χ1) is 7.40. The highest BCUT2D eigenvalue weighted by Crippen LogP contribution is 2.29. The van der Waals surface area contributed by atoms with E-state index in [1.54, 1.807) is 13.8 Å². The summed E-state index contributed by atoms with van der Waals surface area (Å²) < 4.78 is 32.0. The van der Waals surface area contributed by atoms with E-state index in [1.165, 1.54) is 12.1 Å². The van der Waals surface area contributed by atoms with Crippen molar-refractivity contribution in [1.82, 2.24) is 0 Å². The van der Waals surface area contributed by atoms with Crippen molar-refractivity contribution >= 4 is 0 Å². The van der Waals surface area contributed by atoms with Gasteiger partial charge in [-0.25, -0.2) is 8.78 Å². The Hall–Kier alpha value is -1.00. The molecule has 90 valence electrons. The third kappa shape index (κ3) is 2.57. The molecule has 0 aromatic heterocycles. The second kappa shape index (κ2) is 4.89. The van der Waals surface area contributed by atoms with Crippen molar-refractivity contribution in [3.8, 4) is 0 Å². The van der Waals surface area contributed by atoms with E-state index in [-0.39, 0.29) is 5.56 Å². The number of halogens is 2. The van der Waals surface area contributed by atoms with E-state index >= 15 is 0 Å². The molecule has 16 heavy (non-hydrogen) atoms. The molecule has 0 spiro atoms. The molecule has 1 rings (SSSR count). The number of rotatable bonds is 4. The lowest BCUT2D eigenvalue weighted by Gasteiger charge is -2.31. The van der Waals surface area contributed by atoms with E-state index in [0.29, 0.717) is 6.61 Å². The lowest BCUT2D eigenvalue weighted by atomic mass is 9.92. The summed E-state index contributed by atoms with van der Waals surface area (Å²) in [5, 5.41) is 0. The molecule has 2 nitrogen and oxygen atoms in total. The maximum atomic E-state index is 13.5. The quantitative estimate of drug-likeness (QED) is 0.861. The highest BCUT2D eigenvalue weighted by atomic mass is 19.2. The van der Waals surface area contributed by atoms with Gasteiger partial charge in [-0.05, 0) is 26.8 Å². The smallest absolute Gasteiger partial charge is 0.163 e. The predicted molar refractivity (Wildman–Crippen MR) is 59.0 cm³/mol. The molecule has 0 fully saturated rings. The highest BCUT2D eigenvalue weighted by molar-refractivity contribution is 5.24. The zero-order valence-corrected chi connectivity index (χ0v) is 9.76. The standard InChI is InChI=1S/C12H17F2NO/c1-4-16-12(2,3)11(15)8-6-5-7-9(13)10(8)14/h5-7,11H,4,15H2,1-3H3. The van der Waals surface area contributed by atoms with Gasteiger partial charge >= 0.3 is 0 Å². The van der Waals surface area contributed by atoms with E-state index in [4.69, 9.17) is 10.5 Å². The molecule has 0 bridgehead atoms. The summed E-state index contributed by atoms with van der Waals surface area (Å²) in [6, 6.07) is 3.28. The number of hydrogen-bond donors (Lipinski definition) is 1. The number of hydrogen-bond acceptors (Lipinski definition) is 2. The van der Waals surface area contributed by atoms with Crippen molar-refractivity contribution in [2.24, 2.45) is 5.73 Å². The Morgan fingerprint density at radius 2 is 2.00 bits per heavy atom. The molecular weight excluding hydrogens is 212 g/mol. The second-order valence-corrected chi connectivity index (χ2v) is 4.16. The van der Waals surface area contributed by atoms with Crippen LogP contribution in [-0.2, 0) is 4.74 Å². The van der Waals surface area contributed by atoms with Gasteiger partial charge in [0.2, 0.25) is 0 Å². The van der Waals surface area contributed by atoms with Crippen LogP contribution in [0.4, 0.5) is 8.78 Å². The van der Waals surface area contributed by atoms with E-state index in [0.717, 1.165) is 6.07 Å². The summed E-state index contributed by atoms with van der Waals surface area (Å²) in [6.45, 7) is 5.81. The molecule has 1 atom stereocenters. The summed E-state index contributed by atoms with van der Waals surface area (Å²) in [5.74, 6) is -1.79. The topological polar surface area (TPSA) is 35.2 Å². The maximum Gasteiger partial charge on any atom is 0.163 e. The van der Waals surface area contributed by atoms with Crippen LogP contribution in [0.25, 0.3) is 0 Å². The number of benzene rings is 1. The fourth-order valence-electron chi connectivity index (χ4n) is 1.60. The molecule has 0 aliphatic heterocycles. The van der Waals surface area contributed by atoms with Crippen molar-refractivity contribution in [3.63, 3.8) is 0 Å². The van der Waals surface area contributed by atoms with Crippen LogP contribution in [0.2, 0.25) is 0 Å². The van der Waals surface area contributed by atoms with E-state index < -0.39 is 23.3 Å². The Morgan fingerprint density at radius 1 is 1.38 bits per heavy atom. The SMILES string of the molecule is CCOC(C)(C)C(N)c1cccc(F)c1F. The van der Waals surface area contributed by atoms with Crippen LogP contribution < -0.4 is 5.73 Å². The van der Waals surface area contributed by atoms with Crippen LogP contribution in [0, 0.1) is 11.6 Å². The van der Waals surface area contributed by atoms with Gasteiger partial charge in [-0.2, -0.15) is 0 Å². The molecule has 0 amide bonds. The molecule has 0 heterocycles. The molecule has 1 unspecified atom stereocenters. The van der Waals surface area contributed by atoms with E-state index in [9.17, 15) is 8.78 Å². The van der Waals surface area contributed by atoms with E-state index in [1.807, 2.05) is 6.92 Å². The Kier molecular flexibility index (Phi) is 3.99. The Morgan fingerprint density at radius 3 is 2.56 bits per heavy atom. The summed E-state index contributed by atoms with van der Waals surface area (Å²) in [5.41, 5.74) is 5.30. The van der Waals surface area contributed by atoms with Gasteiger partial charge in [-0.3, -0.25) is 0 Å². The fraction of sp³-hybridized carbons (Fsp3) is 0.500. The van der Waals surface area contributed by atoms with Crippen LogP contribution in [0.15, 0.2) is 18.2 Å². The molecule has 2 N–H and O–H groups in total. The van der Waals surface area contributed by atoms with Crippen LogP contribution in [0.1, 0.15) is 32.4 Å². The fourth-order valence-corrected chi connectivity index (χ4v) is 1.60. The molecule has 0 aliphatic carbocycles. The second-order valence-electron chi connectivity index (χ2n) is 4.16. The molecule has 0 radical (unpaired) electrons. The molecule has 1 aromatic carbocycles. The van der Waals surface area contributed by atoms with Gasteiger partial charge in [0.05, 0.1) is 11.6 Å². The Labute approximate surface area is 94.4 Å². The lowest BCUT2D eigenvalue weighted by Crippen LogP contribution is -2.38. The van der Waals surface area contributed by atoms with Gasteiger partial charge in [0, 0.05) is 12.2 Å². The van der Waals surface area contributed by atoms with Crippen LogP contribution in [-0.4, -0.2) is 12.2 Å². The van der Waals surface area contributed by atoms with Gasteiger partial charge in [0.15, 0.2) is 11.6 Å². The van der Waals surface area contributed by atoms with Crippen LogP contribution in [0.3, 0.4) is 0 Å². The van der Waals surface area contributed by atoms with Gasteiger partial charge in [0.1, 0.15) is 0 Å². The van der Waals surface area contributed by atoms with Crippen LogP contribution >= 0.6 is 0 Å². The molecule has 4 heteroatoms. The minimum Gasteiger partial charge on any atom is -0.374 e. The van der Waals surface area contributed by atoms with E-state index in [2.05, 4.69) is 0 Å². The van der Waals surface area contributed by atoms with Crippen molar-refractivity contribution < 1.29 is 13.5 Å². The monoisotopic (exact) mass is 229 g/mol. The third-order valence-corrected chi connectivity index (χ3v) is 2.58. The zero-order valence-electron chi connectivity index (χ0n) is 9.76. The zero-order chi connectivity index (χ0) is 12.3. The normalized spacial score (nSPS) is 13.9. The average molecular weight is 229 g/mol. The summed E-state index contributed by atoms with van der Waals surface area (Å²) in [6.07, 6.45) is 0. The largest absolute Gasteiger partial charge is 0.374 e. The highest BCUT2D eigenvalue weighted by Gasteiger charge is 2.30. The van der Waals surface area contributed by atoms with Crippen molar-refractivity contribution in [2.45, 2.75) is 32.4 Å². The third-order valence-electron chi connectivity index (χ3n) is 2.58. The number of ether oxygens (including phenoxy) is 1. The predicted octanol–water partition coefficient (Wildman–Crippen LogP) is 2.78. The molecular formula is C12H17F2NO. The minimum atomic E-state index is -0.900. The average Bonchev–Trinajstić information content (AvgIpc) is 2.21. The maximum absolute atomic E-state index is 13.5. The summed E-state index contributed by atoms with van der Waals surface area (Å²) in [4.78, 5) is 0. The number of nitrogens with two attached hydrogens (primary N) is 1. The van der Waals surface area contributed by atoms with Crippen molar-refractivity contribution in [2.75, 3.05) is 6.61 Å². The summed E-state index contributed by atoms with van der Waals surface area (Å²) in [7, 11) is 0. The molecule has 0 aliphatic rings. The van der Waals surface area contributed by atoms with Gasteiger partial charge in [0.25, 0.3) is 0 Å². The first-order valence-corrected chi connectivity index (χ1v) is 5.23. The minimum absolute atomic E-state index is 0.137. The van der Waals surface area contributed by atoms with Crippen molar-refractivity contribution in [1.29, 1.82) is 0 Å². The summed E-state index contributed by atoms with van der Waals surface area (Å²) >= 11 is 0. The lowest BCUT2D eigenvalue weighted by molar-refractivity contribution is -0.0306. The molecule has 1 aromatic rings. The molecule has 0 saturated heterocycles. The van der Waals surface area contributed by atoms with Crippen molar-refractivity contribution in [3.05, 3.63) is 35.4 Å². The first-order valence-electron chi connectivity index (χ1n) is 5.23. The first kappa shape index (κ1) is 13.1. The Bertz CT molecular complexity index is 366. The van der Waals surface area contributed by atoms with Gasteiger partial charge < -0.3 is 10.5 Å². The molecule has 0 saturated carbocycles. The Balaban J connectivity index is 3.04. The van der Waals surface area contributed by atoms with Crippen LogP contribution in [0.5, 0.6) is 0 Å². The van der Waals surface area contributed by atoms with Gasteiger partial charge in [-0.15, -0.1) is 0 Å². The van der Waals surface area contributed by atoms with Gasteiger partial charge in [-0.1, -0.05) is 12.1 Å².